The van der Waals surface area contributed by atoms with Crippen LogP contribution in [-0.2, 0) is 6.54 Å². The molecule has 4 nitrogen and oxygen atoms in total. The highest BCUT2D eigenvalue weighted by molar-refractivity contribution is 7.19. The summed E-state index contributed by atoms with van der Waals surface area (Å²) >= 11 is 1.49. The summed E-state index contributed by atoms with van der Waals surface area (Å²) in [6.45, 7) is 6.35. The molecule has 3 aromatic rings. The predicted octanol–water partition coefficient (Wildman–Crippen LogP) is 3.88. The smallest absolute Gasteiger partial charge is 0.260 e. The molecule has 0 radical (unpaired) electrons. The van der Waals surface area contributed by atoms with Crippen LogP contribution < -0.4 is 10.9 Å². The van der Waals surface area contributed by atoms with E-state index in [1.807, 2.05) is 57.2 Å². The van der Waals surface area contributed by atoms with Crippen molar-refractivity contribution in [2.75, 3.05) is 0 Å². The number of amides is 1. The zero-order valence-corrected chi connectivity index (χ0v) is 14.8. The van der Waals surface area contributed by atoms with Crippen LogP contribution in [-0.4, -0.2) is 10.5 Å². The Morgan fingerprint density at radius 1 is 1.25 bits per heavy atom. The lowest BCUT2D eigenvalue weighted by Crippen LogP contribution is -2.28. The van der Waals surface area contributed by atoms with Gasteiger partial charge in [-0.25, -0.2) is 0 Å². The number of aryl methyl sites for hydroxylation is 2. The minimum absolute atomic E-state index is 0.100. The summed E-state index contributed by atoms with van der Waals surface area (Å²) in [7, 11) is 0. The van der Waals surface area contributed by atoms with E-state index in [-0.39, 0.29) is 17.5 Å². The highest BCUT2D eigenvalue weighted by Crippen LogP contribution is 2.28. The summed E-state index contributed by atoms with van der Waals surface area (Å²) in [4.78, 5) is 26.3. The fraction of sp³-hybridized carbons (Fsp3) is 0.263. The number of hydrogen-bond donors (Lipinski definition) is 1. The Bertz CT molecular complexity index is 941. The molecular formula is C19H20N2O2S. The maximum atomic E-state index is 12.8. The molecule has 1 atom stereocenters. The Hall–Kier alpha value is -2.40. The standard InChI is InChI=1S/C19H20N2O2S/c1-4-21-11-10-15-17(19(21)23)16(13(3)24-15)18(22)20-12(2)14-8-6-5-7-9-14/h5-12H,4H2,1-3H3,(H,20,22)/t12-/m0/s1. The topological polar surface area (TPSA) is 51.1 Å². The number of thiophene rings is 1. The third-order valence-corrected chi connectivity index (χ3v) is 5.28. The van der Waals surface area contributed by atoms with Crippen LogP contribution in [0.15, 0.2) is 47.4 Å². The molecule has 0 aliphatic rings. The van der Waals surface area contributed by atoms with Gasteiger partial charge in [-0.15, -0.1) is 11.3 Å². The largest absolute Gasteiger partial charge is 0.345 e. The molecule has 0 bridgehead atoms. The molecule has 2 heterocycles. The van der Waals surface area contributed by atoms with Gasteiger partial charge in [0, 0.05) is 22.3 Å². The van der Waals surface area contributed by atoms with E-state index >= 15 is 0 Å². The van der Waals surface area contributed by atoms with E-state index < -0.39 is 0 Å². The number of rotatable bonds is 4. The van der Waals surface area contributed by atoms with Crippen LogP contribution in [0.3, 0.4) is 0 Å². The Kier molecular flexibility index (Phi) is 4.53. The molecule has 5 heteroatoms. The van der Waals surface area contributed by atoms with Crippen LogP contribution in [0.2, 0.25) is 0 Å². The van der Waals surface area contributed by atoms with Crippen molar-refractivity contribution in [2.45, 2.75) is 33.4 Å². The number of nitrogens with one attached hydrogen (secondary N) is 1. The van der Waals surface area contributed by atoms with Crippen molar-refractivity contribution in [1.29, 1.82) is 0 Å². The minimum atomic E-state index is -0.193. The fourth-order valence-corrected chi connectivity index (χ4v) is 3.93. The molecule has 1 amide bonds. The van der Waals surface area contributed by atoms with Crippen molar-refractivity contribution in [1.82, 2.24) is 9.88 Å². The Morgan fingerprint density at radius 2 is 1.96 bits per heavy atom. The van der Waals surface area contributed by atoms with Crippen LogP contribution in [0.25, 0.3) is 10.1 Å². The van der Waals surface area contributed by atoms with E-state index in [0.717, 1.165) is 15.1 Å². The van der Waals surface area contributed by atoms with Gasteiger partial charge >= 0.3 is 0 Å². The van der Waals surface area contributed by atoms with Crippen molar-refractivity contribution >= 4 is 27.3 Å². The number of hydrogen-bond acceptors (Lipinski definition) is 3. The van der Waals surface area contributed by atoms with E-state index in [2.05, 4.69) is 5.32 Å². The highest BCUT2D eigenvalue weighted by atomic mass is 32.1. The molecule has 2 aromatic heterocycles. The number of nitrogens with zero attached hydrogens (tertiary/aromatic N) is 1. The number of carbonyl (C=O) groups excluding carboxylic acids is 1. The van der Waals surface area contributed by atoms with Gasteiger partial charge in [0.25, 0.3) is 11.5 Å². The van der Waals surface area contributed by atoms with Crippen LogP contribution >= 0.6 is 11.3 Å². The van der Waals surface area contributed by atoms with Gasteiger partial charge in [0.15, 0.2) is 0 Å². The molecule has 3 rings (SSSR count). The maximum absolute atomic E-state index is 12.8. The molecular weight excluding hydrogens is 320 g/mol. The summed E-state index contributed by atoms with van der Waals surface area (Å²) in [5.41, 5.74) is 1.44. The summed E-state index contributed by atoms with van der Waals surface area (Å²) < 4.78 is 2.49. The normalized spacial score (nSPS) is 12.3. The Balaban J connectivity index is 2.01. The zero-order valence-electron chi connectivity index (χ0n) is 14.0. The lowest BCUT2D eigenvalue weighted by atomic mass is 10.1. The van der Waals surface area contributed by atoms with Gasteiger partial charge < -0.3 is 9.88 Å². The van der Waals surface area contributed by atoms with Crippen LogP contribution in [0.1, 0.15) is 40.7 Å². The first kappa shape index (κ1) is 16.5. The quantitative estimate of drug-likeness (QED) is 0.783. The summed E-state index contributed by atoms with van der Waals surface area (Å²) in [5.74, 6) is -0.193. The van der Waals surface area contributed by atoms with Gasteiger partial charge in [-0.05, 0) is 32.4 Å². The number of fused-ring (bicyclic) bond motifs is 1. The van der Waals surface area contributed by atoms with Crippen molar-refractivity contribution in [3.63, 3.8) is 0 Å². The van der Waals surface area contributed by atoms with E-state index in [9.17, 15) is 9.59 Å². The maximum Gasteiger partial charge on any atom is 0.260 e. The number of carbonyl (C=O) groups is 1. The molecule has 1 N–H and O–H groups in total. The minimum Gasteiger partial charge on any atom is -0.345 e. The van der Waals surface area contributed by atoms with E-state index in [4.69, 9.17) is 0 Å². The molecule has 0 spiro atoms. The van der Waals surface area contributed by atoms with Crippen molar-refractivity contribution in [2.24, 2.45) is 0 Å². The summed E-state index contributed by atoms with van der Waals surface area (Å²) in [6.07, 6.45) is 1.79. The zero-order chi connectivity index (χ0) is 17.3. The number of pyridine rings is 1. The molecule has 0 fully saturated rings. The van der Waals surface area contributed by atoms with Gasteiger partial charge in [-0.2, -0.15) is 0 Å². The molecule has 0 aliphatic heterocycles. The van der Waals surface area contributed by atoms with Crippen molar-refractivity contribution < 1.29 is 4.79 Å². The Morgan fingerprint density at radius 3 is 2.62 bits per heavy atom. The van der Waals surface area contributed by atoms with Crippen molar-refractivity contribution in [3.8, 4) is 0 Å². The first-order valence-electron chi connectivity index (χ1n) is 8.01. The molecule has 0 aliphatic carbocycles. The molecule has 124 valence electrons. The van der Waals surface area contributed by atoms with E-state index in [1.54, 1.807) is 10.8 Å². The molecule has 0 saturated carbocycles. The first-order valence-corrected chi connectivity index (χ1v) is 8.83. The molecule has 24 heavy (non-hydrogen) atoms. The van der Waals surface area contributed by atoms with Crippen LogP contribution in [0, 0.1) is 6.92 Å². The average Bonchev–Trinajstić information content (AvgIpc) is 2.93. The Labute approximate surface area is 144 Å². The SMILES string of the molecule is CCn1ccc2sc(C)c(C(=O)N[C@@H](C)c3ccccc3)c2c1=O. The average molecular weight is 340 g/mol. The van der Waals surface area contributed by atoms with Gasteiger partial charge in [0.2, 0.25) is 0 Å². The number of aromatic nitrogens is 1. The second kappa shape index (κ2) is 6.61. The van der Waals surface area contributed by atoms with Gasteiger partial charge in [-0.1, -0.05) is 30.3 Å². The van der Waals surface area contributed by atoms with Gasteiger partial charge in [-0.3, -0.25) is 9.59 Å². The number of benzene rings is 1. The summed E-state index contributed by atoms with van der Waals surface area (Å²) in [5, 5.41) is 3.54. The second-order valence-corrected chi connectivity index (χ2v) is 7.04. The van der Waals surface area contributed by atoms with E-state index in [1.165, 1.54) is 11.3 Å². The molecule has 0 saturated heterocycles. The lowest BCUT2D eigenvalue weighted by molar-refractivity contribution is 0.0941. The third-order valence-electron chi connectivity index (χ3n) is 4.21. The molecule has 0 unspecified atom stereocenters. The lowest BCUT2D eigenvalue weighted by Gasteiger charge is -2.14. The summed E-state index contributed by atoms with van der Waals surface area (Å²) in [6, 6.07) is 11.6. The van der Waals surface area contributed by atoms with Gasteiger partial charge in [0.1, 0.15) is 0 Å². The van der Waals surface area contributed by atoms with Crippen molar-refractivity contribution in [3.05, 3.63) is 69.0 Å². The molecule has 1 aromatic carbocycles. The van der Waals surface area contributed by atoms with Gasteiger partial charge in [0.05, 0.1) is 17.0 Å². The van der Waals surface area contributed by atoms with Crippen LogP contribution in [0.5, 0.6) is 0 Å². The second-order valence-electron chi connectivity index (χ2n) is 5.79. The highest BCUT2D eigenvalue weighted by Gasteiger charge is 2.21. The monoisotopic (exact) mass is 340 g/mol. The third kappa shape index (κ3) is 2.87. The van der Waals surface area contributed by atoms with Crippen LogP contribution in [0.4, 0.5) is 0 Å². The predicted molar refractivity (Wildman–Crippen MR) is 98.8 cm³/mol. The van der Waals surface area contributed by atoms with E-state index in [0.29, 0.717) is 17.5 Å². The first-order chi connectivity index (χ1) is 11.5. The fourth-order valence-electron chi connectivity index (χ4n) is 2.88.